The highest BCUT2D eigenvalue weighted by Gasteiger charge is 2.18. The summed E-state index contributed by atoms with van der Waals surface area (Å²) in [6.45, 7) is 13.7. The fraction of sp³-hybridized carbons (Fsp3) is 0.600. The first kappa shape index (κ1) is 13.8. The molecule has 19 heavy (non-hydrogen) atoms. The average molecular weight is 260 g/mol. The van der Waals surface area contributed by atoms with Gasteiger partial charge in [-0.05, 0) is 12.1 Å². The molecule has 0 atom stereocenters. The van der Waals surface area contributed by atoms with Gasteiger partial charge in [-0.25, -0.2) is 0 Å². The fourth-order valence-corrected chi connectivity index (χ4v) is 1.83. The summed E-state index contributed by atoms with van der Waals surface area (Å²) in [6.07, 6.45) is 4.03. The SMILES string of the molecule is CC(C)(C)c1ccn(Cn2ccc(C(C)(C)C)n2)n1. The number of hydrogen-bond donors (Lipinski definition) is 0. The molecule has 104 valence electrons. The molecular weight excluding hydrogens is 236 g/mol. The molecule has 0 N–H and O–H groups in total. The van der Waals surface area contributed by atoms with Gasteiger partial charge >= 0.3 is 0 Å². The zero-order valence-corrected chi connectivity index (χ0v) is 12.8. The molecule has 2 heterocycles. The van der Waals surface area contributed by atoms with Gasteiger partial charge in [-0.1, -0.05) is 41.5 Å². The van der Waals surface area contributed by atoms with E-state index < -0.39 is 0 Å². The highest BCUT2D eigenvalue weighted by molar-refractivity contribution is 5.11. The highest BCUT2D eigenvalue weighted by atomic mass is 15.4. The number of aromatic nitrogens is 4. The van der Waals surface area contributed by atoms with Crippen molar-refractivity contribution in [1.82, 2.24) is 19.6 Å². The van der Waals surface area contributed by atoms with Crippen molar-refractivity contribution in [3.05, 3.63) is 35.9 Å². The molecule has 0 saturated heterocycles. The van der Waals surface area contributed by atoms with Crippen LogP contribution in [0.25, 0.3) is 0 Å². The van der Waals surface area contributed by atoms with E-state index in [2.05, 4.69) is 63.9 Å². The first-order chi connectivity index (χ1) is 8.66. The maximum Gasteiger partial charge on any atom is 0.133 e. The highest BCUT2D eigenvalue weighted by Crippen LogP contribution is 2.20. The predicted octanol–water partition coefficient (Wildman–Crippen LogP) is 3.18. The monoisotopic (exact) mass is 260 g/mol. The summed E-state index contributed by atoms with van der Waals surface area (Å²) in [5.41, 5.74) is 2.39. The second-order valence-electron chi connectivity index (χ2n) is 7.12. The van der Waals surface area contributed by atoms with Gasteiger partial charge in [0.15, 0.2) is 0 Å². The minimum atomic E-state index is 0.0892. The van der Waals surface area contributed by atoms with Gasteiger partial charge in [0.1, 0.15) is 6.67 Å². The van der Waals surface area contributed by atoms with Crippen LogP contribution in [0.15, 0.2) is 24.5 Å². The van der Waals surface area contributed by atoms with E-state index >= 15 is 0 Å². The van der Waals surface area contributed by atoms with E-state index in [1.54, 1.807) is 0 Å². The molecule has 0 aliphatic rings. The van der Waals surface area contributed by atoms with Crippen LogP contribution < -0.4 is 0 Å². The van der Waals surface area contributed by atoms with Crippen molar-refractivity contribution in [3.8, 4) is 0 Å². The number of nitrogens with zero attached hydrogens (tertiary/aromatic N) is 4. The molecule has 0 amide bonds. The maximum atomic E-state index is 4.60. The van der Waals surface area contributed by atoms with E-state index in [1.807, 2.05) is 21.8 Å². The van der Waals surface area contributed by atoms with Gasteiger partial charge in [-0.15, -0.1) is 0 Å². The lowest BCUT2D eigenvalue weighted by Gasteiger charge is -2.15. The van der Waals surface area contributed by atoms with E-state index in [-0.39, 0.29) is 10.8 Å². The number of hydrogen-bond acceptors (Lipinski definition) is 2. The fourth-order valence-electron chi connectivity index (χ4n) is 1.83. The molecule has 0 aliphatic carbocycles. The van der Waals surface area contributed by atoms with Gasteiger partial charge in [0.05, 0.1) is 11.4 Å². The Morgan fingerprint density at radius 1 is 0.789 bits per heavy atom. The van der Waals surface area contributed by atoms with E-state index in [4.69, 9.17) is 0 Å². The van der Waals surface area contributed by atoms with Crippen molar-refractivity contribution in [2.45, 2.75) is 59.0 Å². The lowest BCUT2D eigenvalue weighted by Crippen LogP contribution is -2.16. The first-order valence-electron chi connectivity index (χ1n) is 6.74. The zero-order chi connectivity index (χ0) is 14.3. The smallest absolute Gasteiger partial charge is 0.133 e. The second kappa shape index (κ2) is 4.51. The normalized spacial score (nSPS) is 12.9. The minimum absolute atomic E-state index is 0.0892. The third-order valence-electron chi connectivity index (χ3n) is 3.11. The van der Waals surface area contributed by atoms with Crippen LogP contribution in [-0.2, 0) is 17.5 Å². The summed E-state index contributed by atoms with van der Waals surface area (Å²) < 4.78 is 3.86. The van der Waals surface area contributed by atoms with E-state index in [9.17, 15) is 0 Å². The standard InChI is InChI=1S/C15H24N4/c1-14(2,3)12-7-9-18(16-12)11-19-10-8-13(17-19)15(4,5)6/h7-10H,11H2,1-6H3. The lowest BCUT2D eigenvalue weighted by molar-refractivity contribution is 0.465. The van der Waals surface area contributed by atoms with Crippen molar-refractivity contribution < 1.29 is 0 Å². The Balaban J connectivity index is 2.14. The van der Waals surface area contributed by atoms with Crippen molar-refractivity contribution in [2.75, 3.05) is 0 Å². The van der Waals surface area contributed by atoms with E-state index in [1.165, 1.54) is 0 Å². The van der Waals surface area contributed by atoms with Gasteiger partial charge in [-0.3, -0.25) is 9.36 Å². The summed E-state index contributed by atoms with van der Waals surface area (Å²) in [6, 6.07) is 4.16. The second-order valence-corrected chi connectivity index (χ2v) is 7.12. The third-order valence-corrected chi connectivity index (χ3v) is 3.11. The van der Waals surface area contributed by atoms with Crippen LogP contribution in [-0.4, -0.2) is 19.6 Å². The Hall–Kier alpha value is -1.58. The minimum Gasteiger partial charge on any atom is -0.251 e. The molecule has 2 aromatic heterocycles. The topological polar surface area (TPSA) is 35.6 Å². The van der Waals surface area contributed by atoms with Crippen LogP contribution in [0, 0.1) is 0 Å². The largest absolute Gasteiger partial charge is 0.251 e. The summed E-state index contributed by atoms with van der Waals surface area (Å²) in [5.74, 6) is 0. The molecule has 0 saturated carbocycles. The predicted molar refractivity (Wildman–Crippen MR) is 77.3 cm³/mol. The van der Waals surface area contributed by atoms with Gasteiger partial charge < -0.3 is 0 Å². The Bertz CT molecular complexity index is 499. The van der Waals surface area contributed by atoms with Crippen LogP contribution in [0.1, 0.15) is 52.9 Å². The molecular formula is C15H24N4. The summed E-state index contributed by atoms with van der Waals surface area (Å²) in [5, 5.41) is 9.21. The molecule has 4 heteroatoms. The molecule has 0 aromatic carbocycles. The lowest BCUT2D eigenvalue weighted by atomic mass is 9.93. The van der Waals surface area contributed by atoms with Crippen LogP contribution in [0.3, 0.4) is 0 Å². The molecule has 2 rings (SSSR count). The summed E-state index contributed by atoms with van der Waals surface area (Å²) in [7, 11) is 0. The average Bonchev–Trinajstić information content (AvgIpc) is 2.84. The molecule has 0 radical (unpaired) electrons. The Kier molecular flexibility index (Phi) is 3.29. The van der Waals surface area contributed by atoms with Crippen LogP contribution in [0.2, 0.25) is 0 Å². The van der Waals surface area contributed by atoms with Crippen LogP contribution >= 0.6 is 0 Å². The number of rotatable bonds is 2. The molecule has 0 spiro atoms. The molecule has 0 bridgehead atoms. The third kappa shape index (κ3) is 3.25. The van der Waals surface area contributed by atoms with Crippen molar-refractivity contribution in [1.29, 1.82) is 0 Å². The van der Waals surface area contributed by atoms with Crippen molar-refractivity contribution >= 4 is 0 Å². The Morgan fingerprint density at radius 2 is 1.16 bits per heavy atom. The van der Waals surface area contributed by atoms with E-state index in [0.717, 1.165) is 11.4 Å². The van der Waals surface area contributed by atoms with Gasteiger partial charge in [0.25, 0.3) is 0 Å². The molecule has 2 aromatic rings. The molecule has 4 nitrogen and oxygen atoms in total. The zero-order valence-electron chi connectivity index (χ0n) is 12.8. The van der Waals surface area contributed by atoms with Crippen LogP contribution in [0.4, 0.5) is 0 Å². The Labute approximate surface area is 115 Å². The summed E-state index contributed by atoms with van der Waals surface area (Å²) >= 11 is 0. The van der Waals surface area contributed by atoms with Gasteiger partial charge in [0, 0.05) is 23.2 Å². The van der Waals surface area contributed by atoms with Gasteiger partial charge in [-0.2, -0.15) is 10.2 Å². The molecule has 0 aliphatic heterocycles. The summed E-state index contributed by atoms with van der Waals surface area (Å²) in [4.78, 5) is 0. The van der Waals surface area contributed by atoms with E-state index in [0.29, 0.717) is 6.67 Å². The van der Waals surface area contributed by atoms with Crippen molar-refractivity contribution in [3.63, 3.8) is 0 Å². The van der Waals surface area contributed by atoms with Crippen molar-refractivity contribution in [2.24, 2.45) is 0 Å². The van der Waals surface area contributed by atoms with Crippen LogP contribution in [0.5, 0.6) is 0 Å². The maximum absolute atomic E-state index is 4.60. The van der Waals surface area contributed by atoms with Gasteiger partial charge in [0.2, 0.25) is 0 Å². The first-order valence-corrected chi connectivity index (χ1v) is 6.74. The quantitative estimate of drug-likeness (QED) is 0.831. The molecule has 0 unspecified atom stereocenters. The molecule has 0 fully saturated rings. The Morgan fingerprint density at radius 3 is 1.42 bits per heavy atom.